The molecular weight excluding hydrogens is 248 g/mol. The van der Waals surface area contributed by atoms with Crippen molar-refractivity contribution in [3.05, 3.63) is 0 Å². The van der Waals surface area contributed by atoms with Crippen molar-refractivity contribution in [2.75, 3.05) is 6.61 Å². The molecule has 0 saturated heterocycles. The smallest absolute Gasteiger partial charge is 0.0642 e. The van der Waals surface area contributed by atoms with Crippen LogP contribution >= 0.6 is 0 Å². The highest BCUT2D eigenvalue weighted by molar-refractivity contribution is 5.13. The van der Waals surface area contributed by atoms with Crippen LogP contribution in [-0.4, -0.2) is 18.8 Å². The van der Waals surface area contributed by atoms with E-state index in [1.165, 1.54) is 38.5 Å². The molecule has 0 heterocycles. The molecule has 4 fully saturated rings. The minimum atomic E-state index is 0.283. The number of hydrazine groups is 1. The molecule has 3 N–H and O–H groups in total. The Morgan fingerprint density at radius 2 is 1.70 bits per heavy atom. The summed E-state index contributed by atoms with van der Waals surface area (Å²) >= 11 is 0. The minimum Gasteiger partial charge on any atom is -0.377 e. The topological polar surface area (TPSA) is 47.3 Å². The van der Waals surface area contributed by atoms with Crippen LogP contribution < -0.4 is 11.3 Å². The minimum absolute atomic E-state index is 0.283. The maximum atomic E-state index is 5.94. The van der Waals surface area contributed by atoms with E-state index in [9.17, 15) is 0 Å². The van der Waals surface area contributed by atoms with Crippen molar-refractivity contribution < 1.29 is 4.74 Å². The fourth-order valence-corrected chi connectivity index (χ4v) is 6.62. The Labute approximate surface area is 124 Å². The van der Waals surface area contributed by atoms with Gasteiger partial charge < -0.3 is 4.74 Å². The van der Waals surface area contributed by atoms with E-state index < -0.39 is 0 Å². The van der Waals surface area contributed by atoms with Gasteiger partial charge in [0.2, 0.25) is 0 Å². The molecule has 0 aliphatic heterocycles. The van der Waals surface area contributed by atoms with Crippen LogP contribution in [0.3, 0.4) is 0 Å². The van der Waals surface area contributed by atoms with Crippen molar-refractivity contribution in [1.29, 1.82) is 0 Å². The molecule has 0 radical (unpaired) electrons. The van der Waals surface area contributed by atoms with Crippen LogP contribution in [0, 0.1) is 22.2 Å². The molecule has 0 amide bonds. The highest BCUT2D eigenvalue weighted by atomic mass is 16.5. The molecule has 20 heavy (non-hydrogen) atoms. The summed E-state index contributed by atoms with van der Waals surface area (Å²) in [5.41, 5.74) is 4.58. The summed E-state index contributed by atoms with van der Waals surface area (Å²) in [6, 6.07) is 0.312. The van der Waals surface area contributed by atoms with Gasteiger partial charge in [0.05, 0.1) is 18.8 Å². The summed E-state index contributed by atoms with van der Waals surface area (Å²) in [5.74, 6) is 6.85. The van der Waals surface area contributed by atoms with Crippen LogP contribution in [0.2, 0.25) is 0 Å². The molecule has 3 heteroatoms. The fraction of sp³-hybridized carbons (Fsp3) is 1.00. The first-order valence-corrected chi connectivity index (χ1v) is 8.36. The van der Waals surface area contributed by atoms with E-state index >= 15 is 0 Å². The van der Waals surface area contributed by atoms with Crippen molar-refractivity contribution >= 4 is 0 Å². The average Bonchev–Trinajstić information content (AvgIpc) is 2.23. The van der Waals surface area contributed by atoms with Crippen molar-refractivity contribution in [3.8, 4) is 0 Å². The largest absolute Gasteiger partial charge is 0.377 e. The van der Waals surface area contributed by atoms with Gasteiger partial charge in [-0.1, -0.05) is 13.8 Å². The SMILES string of the molecule is CC(C)OCC(NN)C12CC3CC(C)(CC(C)(C3)C1)C2. The van der Waals surface area contributed by atoms with Crippen LogP contribution in [0.15, 0.2) is 0 Å². The van der Waals surface area contributed by atoms with Crippen molar-refractivity contribution in [2.24, 2.45) is 28.0 Å². The predicted molar refractivity (Wildman–Crippen MR) is 82.0 cm³/mol. The Bertz CT molecular complexity index is 363. The van der Waals surface area contributed by atoms with Crippen LogP contribution in [0.5, 0.6) is 0 Å². The first kappa shape index (κ1) is 14.8. The third-order valence-corrected chi connectivity index (χ3v) is 6.21. The molecule has 3 nitrogen and oxygen atoms in total. The van der Waals surface area contributed by atoms with Gasteiger partial charge in [0.15, 0.2) is 0 Å². The first-order valence-electron chi connectivity index (χ1n) is 8.36. The molecule has 0 aromatic heterocycles. The normalized spacial score (nSPS) is 48.0. The highest BCUT2D eigenvalue weighted by Gasteiger charge is 2.62. The quantitative estimate of drug-likeness (QED) is 0.600. The zero-order valence-electron chi connectivity index (χ0n) is 13.7. The summed E-state index contributed by atoms with van der Waals surface area (Å²) < 4.78 is 5.91. The molecule has 3 atom stereocenters. The molecule has 4 aliphatic rings. The summed E-state index contributed by atoms with van der Waals surface area (Å²) in [4.78, 5) is 0. The lowest BCUT2D eigenvalue weighted by molar-refractivity contribution is -0.166. The van der Waals surface area contributed by atoms with E-state index in [-0.39, 0.29) is 6.10 Å². The lowest BCUT2D eigenvalue weighted by Gasteiger charge is -2.67. The van der Waals surface area contributed by atoms with Crippen LogP contribution in [0.25, 0.3) is 0 Å². The average molecular weight is 280 g/mol. The summed E-state index contributed by atoms with van der Waals surface area (Å²) in [7, 11) is 0. The van der Waals surface area contributed by atoms with E-state index in [1.54, 1.807) is 0 Å². The Morgan fingerprint density at radius 3 is 2.15 bits per heavy atom. The molecular formula is C17H32N2O. The number of nitrogens with two attached hydrogens (primary N) is 1. The van der Waals surface area contributed by atoms with E-state index in [0.717, 1.165) is 12.5 Å². The summed E-state index contributed by atoms with van der Waals surface area (Å²) in [6.07, 6.45) is 8.60. The predicted octanol–water partition coefficient (Wildman–Crippen LogP) is 3.24. The Morgan fingerprint density at radius 1 is 1.10 bits per heavy atom. The van der Waals surface area contributed by atoms with Crippen LogP contribution in [0.1, 0.15) is 66.2 Å². The third kappa shape index (κ3) is 2.42. The molecule has 116 valence electrons. The number of hydrogen-bond acceptors (Lipinski definition) is 3. The van der Waals surface area contributed by atoms with Gasteiger partial charge in [-0.25, -0.2) is 0 Å². The maximum absolute atomic E-state index is 5.94. The zero-order valence-corrected chi connectivity index (χ0v) is 13.7. The van der Waals surface area contributed by atoms with E-state index in [0.29, 0.717) is 22.3 Å². The Hall–Kier alpha value is -0.120. The van der Waals surface area contributed by atoms with Crippen molar-refractivity contribution in [3.63, 3.8) is 0 Å². The number of hydrogen-bond donors (Lipinski definition) is 2. The first-order chi connectivity index (χ1) is 9.28. The second kappa shape index (κ2) is 4.69. The number of rotatable bonds is 5. The van der Waals surface area contributed by atoms with Gasteiger partial charge in [-0.05, 0) is 74.5 Å². The van der Waals surface area contributed by atoms with Gasteiger partial charge in [0.1, 0.15) is 0 Å². The van der Waals surface area contributed by atoms with E-state index in [2.05, 4.69) is 33.1 Å². The van der Waals surface area contributed by atoms with E-state index in [4.69, 9.17) is 10.6 Å². The highest BCUT2D eigenvalue weighted by Crippen LogP contribution is 2.70. The van der Waals surface area contributed by atoms with Crippen LogP contribution in [-0.2, 0) is 4.74 Å². The Kier molecular flexibility index (Phi) is 3.47. The molecule has 4 rings (SSSR count). The molecule has 0 spiro atoms. The van der Waals surface area contributed by atoms with E-state index in [1.807, 2.05) is 0 Å². The maximum Gasteiger partial charge on any atom is 0.0642 e. The van der Waals surface area contributed by atoms with Crippen molar-refractivity contribution in [1.82, 2.24) is 5.43 Å². The van der Waals surface area contributed by atoms with Gasteiger partial charge in [0, 0.05) is 0 Å². The number of ether oxygens (including phenoxy) is 1. The third-order valence-electron chi connectivity index (χ3n) is 6.21. The van der Waals surface area contributed by atoms with Gasteiger partial charge in [-0.3, -0.25) is 11.3 Å². The molecule has 3 unspecified atom stereocenters. The van der Waals surface area contributed by atoms with Gasteiger partial charge >= 0.3 is 0 Å². The van der Waals surface area contributed by atoms with Gasteiger partial charge in [0.25, 0.3) is 0 Å². The van der Waals surface area contributed by atoms with Gasteiger partial charge in [-0.2, -0.15) is 0 Å². The lowest BCUT2D eigenvalue weighted by atomic mass is 9.39. The second-order valence-electron chi connectivity index (χ2n) is 9.09. The summed E-state index contributed by atoms with van der Waals surface area (Å²) in [5, 5.41) is 0. The zero-order chi connectivity index (χ0) is 14.6. The lowest BCUT2D eigenvalue weighted by Crippen LogP contribution is -2.63. The molecule has 0 aromatic rings. The monoisotopic (exact) mass is 280 g/mol. The summed E-state index contributed by atoms with van der Waals surface area (Å²) in [6.45, 7) is 10.0. The van der Waals surface area contributed by atoms with Crippen molar-refractivity contribution in [2.45, 2.75) is 78.4 Å². The fourth-order valence-electron chi connectivity index (χ4n) is 6.62. The second-order valence-corrected chi connectivity index (χ2v) is 9.09. The van der Waals surface area contributed by atoms with Crippen LogP contribution in [0.4, 0.5) is 0 Å². The van der Waals surface area contributed by atoms with Gasteiger partial charge in [-0.15, -0.1) is 0 Å². The molecule has 4 aliphatic carbocycles. The standard InChI is InChI=1S/C17H32N2O/c1-12(2)20-8-14(19-18)17-7-13-5-15(3,10-17)9-16(4,6-13)11-17/h12-14,19H,5-11,18H2,1-4H3. The number of nitrogens with one attached hydrogen (secondary N) is 1. The molecule has 4 bridgehead atoms. The Balaban J connectivity index is 1.83. The molecule has 0 aromatic carbocycles. The molecule has 4 saturated carbocycles.